The largest absolute Gasteiger partial charge is 0.394 e. The van der Waals surface area contributed by atoms with Gasteiger partial charge in [0.25, 0.3) is 0 Å². The maximum absolute atomic E-state index is 8.94. The molecule has 4 unspecified atom stereocenters. The van der Waals surface area contributed by atoms with Crippen molar-refractivity contribution >= 4 is 0 Å². The molecule has 0 aromatic heterocycles. The lowest BCUT2D eigenvalue weighted by Crippen LogP contribution is -2.16. The van der Waals surface area contributed by atoms with E-state index in [1.54, 1.807) is 0 Å². The Hall–Kier alpha value is -0.240. The van der Waals surface area contributed by atoms with Crippen LogP contribution in [0.3, 0.4) is 0 Å². The van der Waals surface area contributed by atoms with Crippen LogP contribution in [0.4, 0.5) is 0 Å². The molecule has 0 aromatic rings. The second kappa shape index (κ2) is 9.71. The molecule has 0 radical (unpaired) electrons. The van der Waals surface area contributed by atoms with E-state index >= 15 is 0 Å². The van der Waals surface area contributed by atoms with Crippen LogP contribution in [0.15, 0.2) is 0 Å². The number of unbranched alkanes of at least 4 members (excludes halogenated alkanes) is 4. The molecule has 124 valence electrons. The molecule has 6 heteroatoms. The van der Waals surface area contributed by atoms with E-state index in [1.807, 2.05) is 0 Å². The monoisotopic (exact) mass is 304 g/mol. The van der Waals surface area contributed by atoms with Crippen LogP contribution in [0, 0.1) is 0 Å². The summed E-state index contributed by atoms with van der Waals surface area (Å²) >= 11 is 0. The predicted molar refractivity (Wildman–Crippen MR) is 75.7 cm³/mol. The van der Waals surface area contributed by atoms with Gasteiger partial charge in [-0.3, -0.25) is 0 Å². The topological polar surface area (TPSA) is 77.4 Å². The summed E-state index contributed by atoms with van der Waals surface area (Å²) in [5.74, 6) is 0. The van der Waals surface area contributed by atoms with Crippen LogP contribution >= 0.6 is 0 Å². The second-order valence-electron chi connectivity index (χ2n) is 5.75. The Balaban J connectivity index is 1.37. The molecule has 6 nitrogen and oxygen atoms in total. The van der Waals surface area contributed by atoms with Crippen LogP contribution in [0.5, 0.6) is 0 Å². The van der Waals surface area contributed by atoms with E-state index in [4.69, 9.17) is 29.2 Å². The maximum Gasteiger partial charge on any atom is 0.158 e. The number of aliphatic hydroxyl groups is 2. The molecule has 2 heterocycles. The summed E-state index contributed by atoms with van der Waals surface area (Å²) in [6, 6.07) is 0. The van der Waals surface area contributed by atoms with Crippen molar-refractivity contribution in [3.63, 3.8) is 0 Å². The molecule has 2 aliphatic heterocycles. The number of hydrogen-bond acceptors (Lipinski definition) is 6. The number of aliphatic hydroxyl groups excluding tert-OH is 2. The molecule has 21 heavy (non-hydrogen) atoms. The van der Waals surface area contributed by atoms with Crippen molar-refractivity contribution in [2.45, 2.75) is 69.7 Å². The van der Waals surface area contributed by atoms with Crippen LogP contribution in [0.25, 0.3) is 0 Å². The van der Waals surface area contributed by atoms with E-state index in [0.29, 0.717) is 13.2 Å². The summed E-state index contributed by atoms with van der Waals surface area (Å²) < 4.78 is 21.9. The number of hydrogen-bond donors (Lipinski definition) is 2. The third-order valence-corrected chi connectivity index (χ3v) is 3.91. The average Bonchev–Trinajstić information content (AvgIpc) is 3.15. The predicted octanol–water partition coefficient (Wildman–Crippen LogP) is 1.18. The normalized spacial score (nSPS) is 32.9. The molecule has 4 atom stereocenters. The summed E-state index contributed by atoms with van der Waals surface area (Å²) in [5, 5.41) is 17.9. The standard InChI is InChI=1S/C15H28O6/c16-8-12-10-18-14(20-12)6-4-2-1-3-5-7-15-19-11-13(9-17)21-15/h12-17H,1-11H2. The van der Waals surface area contributed by atoms with Gasteiger partial charge >= 0.3 is 0 Å². The Morgan fingerprint density at radius 3 is 1.48 bits per heavy atom. The zero-order chi connectivity index (χ0) is 14.9. The van der Waals surface area contributed by atoms with Gasteiger partial charge in [0, 0.05) is 0 Å². The molecule has 2 saturated heterocycles. The van der Waals surface area contributed by atoms with Crippen LogP contribution in [-0.2, 0) is 18.9 Å². The lowest BCUT2D eigenvalue weighted by molar-refractivity contribution is -0.0709. The van der Waals surface area contributed by atoms with Gasteiger partial charge < -0.3 is 29.2 Å². The molecule has 2 aliphatic rings. The zero-order valence-corrected chi connectivity index (χ0v) is 12.6. The van der Waals surface area contributed by atoms with Gasteiger partial charge in [0.2, 0.25) is 0 Å². The lowest BCUT2D eigenvalue weighted by Gasteiger charge is -2.11. The molecule has 0 amide bonds. The first-order chi connectivity index (χ1) is 10.3. The molecule has 0 spiro atoms. The van der Waals surface area contributed by atoms with Gasteiger partial charge in [0.1, 0.15) is 12.2 Å². The Morgan fingerprint density at radius 2 is 1.10 bits per heavy atom. The Bertz CT molecular complexity index is 249. The maximum atomic E-state index is 8.94. The van der Waals surface area contributed by atoms with Crippen molar-refractivity contribution in [1.29, 1.82) is 0 Å². The highest BCUT2D eigenvalue weighted by atomic mass is 16.7. The summed E-state index contributed by atoms with van der Waals surface area (Å²) in [4.78, 5) is 0. The third kappa shape index (κ3) is 6.18. The third-order valence-electron chi connectivity index (χ3n) is 3.91. The quantitative estimate of drug-likeness (QED) is 0.590. The van der Waals surface area contributed by atoms with Crippen molar-refractivity contribution in [2.75, 3.05) is 26.4 Å². The molecular formula is C15H28O6. The van der Waals surface area contributed by atoms with Crippen molar-refractivity contribution in [3.05, 3.63) is 0 Å². The minimum absolute atomic E-state index is 0.0406. The van der Waals surface area contributed by atoms with Gasteiger partial charge in [0.05, 0.1) is 26.4 Å². The Labute approximate surface area is 126 Å². The number of rotatable bonds is 10. The minimum atomic E-state index is -0.135. The Kier molecular flexibility index (Phi) is 7.92. The number of ether oxygens (including phenoxy) is 4. The fourth-order valence-corrected chi connectivity index (χ4v) is 2.66. The second-order valence-corrected chi connectivity index (χ2v) is 5.75. The van der Waals surface area contributed by atoms with E-state index < -0.39 is 0 Å². The summed E-state index contributed by atoms with van der Waals surface area (Å²) in [6.45, 7) is 1.10. The molecule has 2 rings (SSSR count). The fourth-order valence-electron chi connectivity index (χ4n) is 2.66. The molecule has 0 bridgehead atoms. The highest BCUT2D eigenvalue weighted by Gasteiger charge is 2.25. The summed E-state index contributed by atoms with van der Waals surface area (Å²) in [5.41, 5.74) is 0. The van der Waals surface area contributed by atoms with E-state index in [-0.39, 0.29) is 38.0 Å². The van der Waals surface area contributed by atoms with Gasteiger partial charge in [-0.05, 0) is 25.7 Å². The Morgan fingerprint density at radius 1 is 0.667 bits per heavy atom. The molecule has 0 aromatic carbocycles. The molecule has 2 fully saturated rings. The van der Waals surface area contributed by atoms with Gasteiger partial charge in [-0.25, -0.2) is 0 Å². The average molecular weight is 304 g/mol. The minimum Gasteiger partial charge on any atom is -0.394 e. The molecule has 2 N–H and O–H groups in total. The molecular weight excluding hydrogens is 276 g/mol. The zero-order valence-electron chi connectivity index (χ0n) is 12.6. The van der Waals surface area contributed by atoms with Crippen molar-refractivity contribution < 1.29 is 29.2 Å². The smallest absolute Gasteiger partial charge is 0.158 e. The first kappa shape index (κ1) is 17.1. The van der Waals surface area contributed by atoms with Crippen LogP contribution in [-0.4, -0.2) is 61.4 Å². The summed E-state index contributed by atoms with van der Waals surface area (Å²) in [7, 11) is 0. The van der Waals surface area contributed by atoms with Crippen LogP contribution in [0.1, 0.15) is 44.9 Å². The van der Waals surface area contributed by atoms with Crippen LogP contribution < -0.4 is 0 Å². The van der Waals surface area contributed by atoms with Gasteiger partial charge in [0.15, 0.2) is 12.6 Å². The first-order valence-electron chi connectivity index (χ1n) is 8.07. The van der Waals surface area contributed by atoms with E-state index in [1.165, 1.54) is 19.3 Å². The van der Waals surface area contributed by atoms with E-state index in [2.05, 4.69) is 0 Å². The van der Waals surface area contributed by atoms with E-state index in [0.717, 1.165) is 25.7 Å². The SMILES string of the molecule is OCC1COC(CCCCCCCC2OCC(CO)O2)O1. The molecule has 0 aliphatic carbocycles. The molecule has 0 saturated carbocycles. The van der Waals surface area contributed by atoms with Gasteiger partial charge in [-0.15, -0.1) is 0 Å². The van der Waals surface area contributed by atoms with Crippen molar-refractivity contribution in [3.8, 4) is 0 Å². The van der Waals surface area contributed by atoms with Gasteiger partial charge in [-0.2, -0.15) is 0 Å². The van der Waals surface area contributed by atoms with Crippen LogP contribution in [0.2, 0.25) is 0 Å². The van der Waals surface area contributed by atoms with Crippen molar-refractivity contribution in [2.24, 2.45) is 0 Å². The highest BCUT2D eigenvalue weighted by Crippen LogP contribution is 2.20. The highest BCUT2D eigenvalue weighted by molar-refractivity contribution is 4.65. The van der Waals surface area contributed by atoms with E-state index in [9.17, 15) is 0 Å². The summed E-state index contributed by atoms with van der Waals surface area (Å²) in [6.07, 6.45) is 6.98. The first-order valence-corrected chi connectivity index (χ1v) is 8.07. The van der Waals surface area contributed by atoms with Gasteiger partial charge in [-0.1, -0.05) is 19.3 Å². The fraction of sp³-hybridized carbons (Fsp3) is 1.00. The van der Waals surface area contributed by atoms with Crippen molar-refractivity contribution in [1.82, 2.24) is 0 Å². The lowest BCUT2D eigenvalue weighted by atomic mass is 10.1.